The Morgan fingerprint density at radius 2 is 2.07 bits per heavy atom. The monoisotopic (exact) mass is 432 g/mol. The van der Waals surface area contributed by atoms with Crippen LogP contribution in [0, 0.1) is 0 Å². The molecule has 29 heavy (non-hydrogen) atoms. The summed E-state index contributed by atoms with van der Waals surface area (Å²) in [6, 6.07) is 6.07. The number of allylic oxidation sites excluding steroid dienone is 1. The molecule has 0 radical (unpaired) electrons. The number of rotatable bonds is 6. The van der Waals surface area contributed by atoms with Gasteiger partial charge in [-0.3, -0.25) is 0 Å². The zero-order valence-electron chi connectivity index (χ0n) is 15.2. The van der Waals surface area contributed by atoms with E-state index in [9.17, 15) is 14.4 Å². The van der Waals surface area contributed by atoms with E-state index in [-0.39, 0.29) is 30.3 Å². The first-order chi connectivity index (χ1) is 14.1. The Morgan fingerprint density at radius 1 is 1.28 bits per heavy atom. The van der Waals surface area contributed by atoms with Gasteiger partial charge in [0.2, 0.25) is 0 Å². The predicted molar refractivity (Wildman–Crippen MR) is 106 cm³/mol. The number of carbonyl (C=O) groups is 2. The van der Waals surface area contributed by atoms with Gasteiger partial charge in [-0.05, 0) is 29.8 Å². The molecule has 1 aliphatic heterocycles. The van der Waals surface area contributed by atoms with Crippen molar-refractivity contribution in [1.82, 2.24) is 20.4 Å². The molecule has 1 aliphatic rings. The highest BCUT2D eigenvalue weighted by Crippen LogP contribution is 2.31. The molecule has 2 N–H and O–H groups in total. The predicted octanol–water partition coefficient (Wildman–Crippen LogP) is 2.50. The summed E-state index contributed by atoms with van der Waals surface area (Å²) >= 11 is 2.78. The van der Waals surface area contributed by atoms with Crippen LogP contribution in [0.2, 0.25) is 0 Å². The fourth-order valence-electron chi connectivity index (χ4n) is 2.92. The molecule has 3 aromatic heterocycles. The van der Waals surface area contributed by atoms with E-state index in [1.165, 1.54) is 22.7 Å². The van der Waals surface area contributed by atoms with Crippen molar-refractivity contribution >= 4 is 34.7 Å². The average Bonchev–Trinajstić information content (AvgIpc) is 3.44. The van der Waals surface area contributed by atoms with Crippen LogP contribution in [0.5, 0.6) is 0 Å². The van der Waals surface area contributed by atoms with Gasteiger partial charge in [-0.15, -0.1) is 27.8 Å². The normalized spacial score (nSPS) is 16.4. The number of carbonyl (C=O) groups excluding carboxylic acids is 2. The van der Waals surface area contributed by atoms with Crippen LogP contribution < -0.4 is 16.4 Å². The summed E-state index contributed by atoms with van der Waals surface area (Å²) in [4.78, 5) is 38.7. The standard InChI is InChI=1S/C18H16N4O5S2/c1-2-26-16(23)13-10(19-17(24)20-14(13)11-5-3-7-28-11)9-22-18(25)27-15(21-22)12-6-4-8-29-12/h3-8,14H,2,9H2,1H3,(H2,19,20,24)/t14-/m1/s1. The van der Waals surface area contributed by atoms with Crippen LogP contribution in [0.15, 0.2) is 55.5 Å². The largest absolute Gasteiger partial charge is 0.463 e. The zero-order valence-corrected chi connectivity index (χ0v) is 16.8. The SMILES string of the molecule is CCOC(=O)C1=C(Cn2nc(-c3cccs3)oc2=O)NC(=O)N[C@@H]1c1cccs1. The number of urea groups is 1. The summed E-state index contributed by atoms with van der Waals surface area (Å²) in [5.74, 6) is -1.09. The Morgan fingerprint density at radius 3 is 2.76 bits per heavy atom. The first kappa shape index (κ1) is 19.2. The van der Waals surface area contributed by atoms with E-state index in [0.717, 1.165) is 9.56 Å². The van der Waals surface area contributed by atoms with Crippen molar-refractivity contribution in [2.24, 2.45) is 0 Å². The Hall–Kier alpha value is -3.18. The Bertz CT molecular complexity index is 1110. The summed E-state index contributed by atoms with van der Waals surface area (Å²) in [6.45, 7) is 1.73. The molecule has 0 aliphatic carbocycles. The molecule has 0 unspecified atom stereocenters. The molecule has 9 nitrogen and oxygen atoms in total. The lowest BCUT2D eigenvalue weighted by atomic mass is 10.0. The molecule has 11 heteroatoms. The molecule has 3 aromatic rings. The highest BCUT2D eigenvalue weighted by Gasteiger charge is 2.34. The third kappa shape index (κ3) is 3.87. The van der Waals surface area contributed by atoms with Gasteiger partial charge < -0.3 is 19.8 Å². The van der Waals surface area contributed by atoms with Crippen molar-refractivity contribution in [2.75, 3.05) is 6.61 Å². The van der Waals surface area contributed by atoms with Crippen LogP contribution >= 0.6 is 22.7 Å². The van der Waals surface area contributed by atoms with E-state index in [0.29, 0.717) is 4.88 Å². The van der Waals surface area contributed by atoms with Gasteiger partial charge >= 0.3 is 17.8 Å². The number of ether oxygens (including phenoxy) is 1. The van der Waals surface area contributed by atoms with Gasteiger partial charge in [0, 0.05) is 4.88 Å². The fraction of sp³-hybridized carbons (Fsp3) is 0.222. The quantitative estimate of drug-likeness (QED) is 0.578. The molecule has 0 bridgehead atoms. The van der Waals surface area contributed by atoms with Gasteiger partial charge in [0.25, 0.3) is 5.89 Å². The molecule has 0 saturated heterocycles. The van der Waals surface area contributed by atoms with Gasteiger partial charge in [0.15, 0.2) is 0 Å². The van der Waals surface area contributed by atoms with Crippen LogP contribution in [0.1, 0.15) is 17.8 Å². The molecule has 0 fully saturated rings. The Balaban J connectivity index is 1.75. The second-order valence-corrected chi connectivity index (χ2v) is 7.89. The summed E-state index contributed by atoms with van der Waals surface area (Å²) in [5, 5.41) is 13.2. The third-order valence-corrected chi connectivity index (χ3v) is 5.92. The number of esters is 1. The Labute approximate surface area is 172 Å². The van der Waals surface area contributed by atoms with Crippen LogP contribution in [0.4, 0.5) is 4.79 Å². The van der Waals surface area contributed by atoms with Crippen LogP contribution in [-0.2, 0) is 16.1 Å². The van der Waals surface area contributed by atoms with Gasteiger partial charge in [0.1, 0.15) is 0 Å². The minimum absolute atomic E-state index is 0.142. The minimum atomic E-state index is -0.690. The van der Waals surface area contributed by atoms with E-state index in [2.05, 4.69) is 15.7 Å². The lowest BCUT2D eigenvalue weighted by Gasteiger charge is -2.28. The number of hydrogen-bond acceptors (Lipinski definition) is 8. The van der Waals surface area contributed by atoms with E-state index < -0.39 is 23.8 Å². The topological polar surface area (TPSA) is 115 Å². The van der Waals surface area contributed by atoms with Crippen molar-refractivity contribution in [3.8, 4) is 10.8 Å². The average molecular weight is 432 g/mol. The van der Waals surface area contributed by atoms with Crippen LogP contribution in [-0.4, -0.2) is 28.4 Å². The molecular formula is C18H16N4O5S2. The van der Waals surface area contributed by atoms with E-state index in [4.69, 9.17) is 9.15 Å². The highest BCUT2D eigenvalue weighted by molar-refractivity contribution is 7.13. The Kier molecular flexibility index (Phi) is 5.32. The van der Waals surface area contributed by atoms with Gasteiger partial charge in [-0.2, -0.15) is 4.68 Å². The molecule has 4 heterocycles. The second-order valence-electron chi connectivity index (χ2n) is 5.97. The van der Waals surface area contributed by atoms with E-state index >= 15 is 0 Å². The van der Waals surface area contributed by atoms with E-state index in [1.807, 2.05) is 29.0 Å². The van der Waals surface area contributed by atoms with Crippen LogP contribution in [0.3, 0.4) is 0 Å². The van der Waals surface area contributed by atoms with Crippen molar-refractivity contribution in [1.29, 1.82) is 0 Å². The highest BCUT2D eigenvalue weighted by atomic mass is 32.1. The summed E-state index contributed by atoms with van der Waals surface area (Å²) in [5.41, 5.74) is 0.459. The molecule has 150 valence electrons. The number of thiophene rings is 2. The minimum Gasteiger partial charge on any atom is -0.463 e. The molecular weight excluding hydrogens is 416 g/mol. The van der Waals surface area contributed by atoms with Gasteiger partial charge in [0.05, 0.1) is 35.3 Å². The second kappa shape index (κ2) is 8.05. The number of amides is 2. The van der Waals surface area contributed by atoms with Gasteiger partial charge in [-0.25, -0.2) is 14.4 Å². The molecule has 4 rings (SSSR count). The number of aromatic nitrogens is 2. The zero-order chi connectivity index (χ0) is 20.4. The number of hydrogen-bond donors (Lipinski definition) is 2. The van der Waals surface area contributed by atoms with Crippen molar-refractivity contribution in [3.05, 3.63) is 61.7 Å². The van der Waals surface area contributed by atoms with Crippen molar-refractivity contribution in [3.63, 3.8) is 0 Å². The first-order valence-corrected chi connectivity index (χ1v) is 10.5. The van der Waals surface area contributed by atoms with Gasteiger partial charge in [-0.1, -0.05) is 12.1 Å². The van der Waals surface area contributed by atoms with Crippen molar-refractivity contribution < 1.29 is 18.7 Å². The molecule has 1 atom stereocenters. The maximum Gasteiger partial charge on any atom is 0.437 e. The molecule has 2 amide bonds. The smallest absolute Gasteiger partial charge is 0.437 e. The third-order valence-electron chi connectivity index (χ3n) is 4.12. The lowest BCUT2D eigenvalue weighted by Crippen LogP contribution is -2.47. The number of nitrogens with one attached hydrogen (secondary N) is 2. The number of nitrogens with zero attached hydrogens (tertiary/aromatic N) is 2. The van der Waals surface area contributed by atoms with Crippen LogP contribution in [0.25, 0.3) is 10.8 Å². The lowest BCUT2D eigenvalue weighted by molar-refractivity contribution is -0.139. The summed E-state index contributed by atoms with van der Waals surface area (Å²) in [6.07, 6.45) is 0. The van der Waals surface area contributed by atoms with E-state index in [1.54, 1.807) is 13.0 Å². The fourth-order valence-corrected chi connectivity index (χ4v) is 4.35. The maximum atomic E-state index is 12.7. The first-order valence-electron chi connectivity index (χ1n) is 8.69. The summed E-state index contributed by atoms with van der Waals surface area (Å²) in [7, 11) is 0. The summed E-state index contributed by atoms with van der Waals surface area (Å²) < 4.78 is 11.5. The maximum absolute atomic E-state index is 12.7. The molecule has 0 saturated carbocycles. The molecule has 0 spiro atoms. The van der Waals surface area contributed by atoms with Crippen molar-refractivity contribution in [2.45, 2.75) is 19.5 Å². The molecule has 0 aromatic carbocycles.